The SMILES string of the molecule is COC(=O)[C@](O)(c1ccccc1)C(F)(F)F. The van der Waals surface area contributed by atoms with Crippen LogP contribution < -0.4 is 0 Å². The first-order valence-corrected chi connectivity index (χ1v) is 4.27. The summed E-state index contributed by atoms with van der Waals surface area (Å²) in [6.45, 7) is 0. The molecule has 0 aliphatic carbocycles. The predicted octanol–water partition coefficient (Wildman–Crippen LogP) is 1.61. The molecule has 0 radical (unpaired) electrons. The number of hydrogen-bond donors (Lipinski definition) is 1. The molecule has 0 aliphatic heterocycles. The lowest BCUT2D eigenvalue weighted by Gasteiger charge is -2.27. The monoisotopic (exact) mass is 234 g/mol. The van der Waals surface area contributed by atoms with Crippen LogP contribution in [0.1, 0.15) is 5.56 Å². The van der Waals surface area contributed by atoms with Gasteiger partial charge in [0.2, 0.25) is 0 Å². The summed E-state index contributed by atoms with van der Waals surface area (Å²) in [5.74, 6) is -1.76. The fourth-order valence-corrected chi connectivity index (χ4v) is 1.22. The highest BCUT2D eigenvalue weighted by Gasteiger charge is 2.61. The largest absolute Gasteiger partial charge is 0.466 e. The van der Waals surface area contributed by atoms with Crippen LogP contribution >= 0.6 is 0 Å². The van der Waals surface area contributed by atoms with E-state index in [1.807, 2.05) is 0 Å². The topological polar surface area (TPSA) is 46.5 Å². The first-order chi connectivity index (χ1) is 7.34. The zero-order chi connectivity index (χ0) is 12.4. The van der Waals surface area contributed by atoms with Gasteiger partial charge in [-0.25, -0.2) is 4.79 Å². The number of esters is 1. The van der Waals surface area contributed by atoms with Gasteiger partial charge in [0.15, 0.2) is 0 Å². The molecule has 0 heterocycles. The fraction of sp³-hybridized carbons (Fsp3) is 0.300. The summed E-state index contributed by atoms with van der Waals surface area (Å²) in [6, 6.07) is 6.05. The van der Waals surface area contributed by atoms with Gasteiger partial charge in [-0.3, -0.25) is 0 Å². The van der Waals surface area contributed by atoms with Crippen LogP contribution in [0.3, 0.4) is 0 Å². The second kappa shape index (κ2) is 4.13. The number of rotatable bonds is 2. The number of ether oxygens (including phenoxy) is 1. The van der Waals surface area contributed by atoms with Gasteiger partial charge in [0.25, 0.3) is 5.60 Å². The molecular weight excluding hydrogens is 225 g/mol. The van der Waals surface area contributed by atoms with Gasteiger partial charge in [-0.05, 0) is 0 Å². The number of methoxy groups -OCH3 is 1. The number of carbonyl (C=O) groups is 1. The van der Waals surface area contributed by atoms with Gasteiger partial charge < -0.3 is 9.84 Å². The Morgan fingerprint density at radius 2 is 1.75 bits per heavy atom. The Morgan fingerprint density at radius 1 is 1.25 bits per heavy atom. The van der Waals surface area contributed by atoms with E-state index in [9.17, 15) is 23.1 Å². The second-order valence-electron chi connectivity index (χ2n) is 3.07. The lowest BCUT2D eigenvalue weighted by Crippen LogP contribution is -2.49. The van der Waals surface area contributed by atoms with Crippen LogP contribution in [0.25, 0.3) is 0 Å². The van der Waals surface area contributed by atoms with Gasteiger partial charge in [-0.2, -0.15) is 13.2 Å². The van der Waals surface area contributed by atoms with Gasteiger partial charge >= 0.3 is 12.1 Å². The van der Waals surface area contributed by atoms with Gasteiger partial charge in [0.1, 0.15) is 0 Å². The molecule has 1 aromatic carbocycles. The van der Waals surface area contributed by atoms with Crippen molar-refractivity contribution < 1.29 is 27.8 Å². The van der Waals surface area contributed by atoms with Crippen LogP contribution in [0.5, 0.6) is 0 Å². The number of carbonyl (C=O) groups excluding carboxylic acids is 1. The Labute approximate surface area is 89.5 Å². The third-order valence-electron chi connectivity index (χ3n) is 2.08. The average Bonchev–Trinajstić information content (AvgIpc) is 2.26. The summed E-state index contributed by atoms with van der Waals surface area (Å²) >= 11 is 0. The molecule has 0 fully saturated rings. The minimum Gasteiger partial charge on any atom is -0.466 e. The van der Waals surface area contributed by atoms with E-state index < -0.39 is 23.3 Å². The number of hydrogen-bond acceptors (Lipinski definition) is 3. The van der Waals surface area contributed by atoms with Crippen molar-refractivity contribution in [2.24, 2.45) is 0 Å². The lowest BCUT2D eigenvalue weighted by molar-refractivity contribution is -0.266. The summed E-state index contributed by atoms with van der Waals surface area (Å²) < 4.78 is 42.0. The highest BCUT2D eigenvalue weighted by atomic mass is 19.4. The van der Waals surface area contributed by atoms with Gasteiger partial charge in [-0.15, -0.1) is 0 Å². The third-order valence-corrected chi connectivity index (χ3v) is 2.08. The van der Waals surface area contributed by atoms with E-state index in [-0.39, 0.29) is 0 Å². The van der Waals surface area contributed by atoms with E-state index in [0.717, 1.165) is 19.2 Å². The van der Waals surface area contributed by atoms with E-state index in [1.54, 1.807) is 0 Å². The molecule has 0 aromatic heterocycles. The molecule has 1 atom stereocenters. The summed E-state index contributed by atoms with van der Waals surface area (Å²) in [5.41, 5.74) is -4.20. The zero-order valence-corrected chi connectivity index (χ0v) is 8.28. The molecule has 0 unspecified atom stereocenters. The molecule has 0 amide bonds. The van der Waals surface area contributed by atoms with Crippen LogP contribution in [0.2, 0.25) is 0 Å². The maximum atomic E-state index is 12.7. The van der Waals surface area contributed by atoms with Gasteiger partial charge in [0.05, 0.1) is 7.11 Å². The molecular formula is C10H9F3O3. The van der Waals surface area contributed by atoms with E-state index in [2.05, 4.69) is 4.74 Å². The Morgan fingerprint density at radius 3 is 2.12 bits per heavy atom. The quantitative estimate of drug-likeness (QED) is 0.791. The van der Waals surface area contributed by atoms with Crippen molar-refractivity contribution in [3.05, 3.63) is 35.9 Å². The Bertz CT molecular complexity index is 375. The zero-order valence-electron chi connectivity index (χ0n) is 8.28. The highest BCUT2D eigenvalue weighted by Crippen LogP contribution is 2.39. The Hall–Kier alpha value is -1.56. The average molecular weight is 234 g/mol. The second-order valence-corrected chi connectivity index (χ2v) is 3.07. The molecule has 16 heavy (non-hydrogen) atoms. The van der Waals surface area contributed by atoms with Gasteiger partial charge in [0, 0.05) is 5.56 Å². The van der Waals surface area contributed by atoms with Crippen molar-refractivity contribution >= 4 is 5.97 Å². The lowest BCUT2D eigenvalue weighted by atomic mass is 9.93. The van der Waals surface area contributed by atoms with E-state index in [4.69, 9.17) is 0 Å². The van der Waals surface area contributed by atoms with E-state index in [0.29, 0.717) is 0 Å². The normalized spacial score (nSPS) is 15.3. The highest BCUT2D eigenvalue weighted by molar-refractivity contribution is 5.82. The smallest absolute Gasteiger partial charge is 0.432 e. The van der Waals surface area contributed by atoms with Gasteiger partial charge in [-0.1, -0.05) is 30.3 Å². The first-order valence-electron chi connectivity index (χ1n) is 4.27. The van der Waals surface area contributed by atoms with Crippen molar-refractivity contribution in [3.8, 4) is 0 Å². The predicted molar refractivity (Wildman–Crippen MR) is 48.4 cm³/mol. The van der Waals surface area contributed by atoms with Crippen molar-refractivity contribution in [1.82, 2.24) is 0 Å². The molecule has 1 rings (SSSR count). The van der Waals surface area contributed by atoms with Crippen LogP contribution in [0.15, 0.2) is 30.3 Å². The molecule has 0 spiro atoms. The number of aliphatic hydroxyl groups is 1. The molecule has 6 heteroatoms. The summed E-state index contributed by atoms with van der Waals surface area (Å²) in [4.78, 5) is 11.1. The van der Waals surface area contributed by atoms with Crippen molar-refractivity contribution in [2.75, 3.05) is 7.11 Å². The number of halogens is 3. The molecule has 0 bridgehead atoms. The summed E-state index contributed by atoms with van der Waals surface area (Å²) in [7, 11) is 0.780. The molecule has 0 aliphatic rings. The minimum atomic E-state index is -5.14. The summed E-state index contributed by atoms with van der Waals surface area (Å²) in [6.07, 6.45) is -5.14. The van der Waals surface area contributed by atoms with Crippen molar-refractivity contribution in [1.29, 1.82) is 0 Å². The fourth-order valence-electron chi connectivity index (χ4n) is 1.22. The van der Waals surface area contributed by atoms with E-state index in [1.165, 1.54) is 18.2 Å². The third kappa shape index (κ3) is 1.88. The number of alkyl halides is 3. The maximum Gasteiger partial charge on any atom is 0.432 e. The Balaban J connectivity index is 3.32. The van der Waals surface area contributed by atoms with Crippen LogP contribution in [0.4, 0.5) is 13.2 Å². The van der Waals surface area contributed by atoms with Crippen molar-refractivity contribution in [2.45, 2.75) is 11.8 Å². The molecule has 88 valence electrons. The van der Waals surface area contributed by atoms with Crippen LogP contribution in [0, 0.1) is 0 Å². The summed E-state index contributed by atoms with van der Waals surface area (Å²) in [5, 5.41) is 9.49. The maximum absolute atomic E-state index is 12.7. The minimum absolute atomic E-state index is 0.575. The molecule has 0 saturated heterocycles. The first kappa shape index (κ1) is 12.5. The Kier molecular flexibility index (Phi) is 3.23. The molecule has 0 saturated carbocycles. The standard InChI is InChI=1S/C10H9F3O3/c1-16-8(14)9(15,10(11,12)13)7-5-3-2-4-6-7/h2-6,15H,1H3/t9-/m1/s1. The molecule has 3 nitrogen and oxygen atoms in total. The molecule has 1 aromatic rings. The van der Waals surface area contributed by atoms with Crippen LogP contribution in [-0.2, 0) is 15.1 Å². The van der Waals surface area contributed by atoms with Crippen molar-refractivity contribution in [3.63, 3.8) is 0 Å². The van der Waals surface area contributed by atoms with E-state index >= 15 is 0 Å². The van der Waals surface area contributed by atoms with Crippen LogP contribution in [-0.4, -0.2) is 24.4 Å². The molecule has 1 N–H and O–H groups in total. The number of benzene rings is 1.